The van der Waals surface area contributed by atoms with Crippen LogP contribution in [0.4, 0.5) is 23.1 Å². The van der Waals surface area contributed by atoms with E-state index in [4.69, 9.17) is 0 Å². The zero-order valence-corrected chi connectivity index (χ0v) is 18.2. The highest BCUT2D eigenvalue weighted by atomic mass is 35.5. The topological polar surface area (TPSA) is 113 Å². The van der Waals surface area contributed by atoms with Crippen LogP contribution in [0.2, 0.25) is 0 Å². The van der Waals surface area contributed by atoms with Gasteiger partial charge in [-0.05, 0) is 25.8 Å². The van der Waals surface area contributed by atoms with Crippen LogP contribution >= 0.6 is 12.4 Å². The van der Waals surface area contributed by atoms with E-state index < -0.39 is 4.92 Å². The molecule has 3 rings (SSSR count). The van der Waals surface area contributed by atoms with Gasteiger partial charge in [0, 0.05) is 55.1 Å². The van der Waals surface area contributed by atoms with Crippen molar-refractivity contribution in [1.29, 1.82) is 0 Å². The fraction of sp³-hybridized carbons (Fsp3) is 0.450. The summed E-state index contributed by atoms with van der Waals surface area (Å²) in [5, 5.41) is 17.3. The molecule has 162 valence electrons. The lowest BCUT2D eigenvalue weighted by Gasteiger charge is -2.19. The van der Waals surface area contributed by atoms with E-state index in [0.717, 1.165) is 37.3 Å². The molecule has 2 aromatic rings. The largest absolute Gasteiger partial charge is 0.354 e. The first-order chi connectivity index (χ1) is 13.9. The molecule has 2 N–H and O–H groups in total. The molecule has 2 heterocycles. The number of carbonyl (C=O) groups is 1. The molecule has 1 aliphatic heterocycles. The molecular formula is C20H27ClN6O3. The molecule has 1 saturated heterocycles. The second-order valence-electron chi connectivity index (χ2n) is 7.31. The summed E-state index contributed by atoms with van der Waals surface area (Å²) in [6, 6.07) is 7.06. The molecule has 0 unspecified atom stereocenters. The smallest absolute Gasteiger partial charge is 0.274 e. The molecule has 9 nitrogen and oxygen atoms in total. The molecule has 1 aliphatic rings. The van der Waals surface area contributed by atoms with E-state index >= 15 is 0 Å². The van der Waals surface area contributed by atoms with Gasteiger partial charge in [0.25, 0.3) is 5.69 Å². The van der Waals surface area contributed by atoms with Crippen LogP contribution in [0, 0.1) is 17.0 Å². The Labute approximate surface area is 181 Å². The van der Waals surface area contributed by atoms with E-state index in [2.05, 4.69) is 32.4 Å². The van der Waals surface area contributed by atoms with Crippen LogP contribution in [0.5, 0.6) is 0 Å². The minimum Gasteiger partial charge on any atom is -0.354 e. The van der Waals surface area contributed by atoms with Gasteiger partial charge in [-0.25, -0.2) is 4.98 Å². The van der Waals surface area contributed by atoms with Crippen LogP contribution in [-0.4, -0.2) is 39.9 Å². The summed E-state index contributed by atoms with van der Waals surface area (Å²) in [7, 11) is 0. The molecule has 0 saturated carbocycles. The van der Waals surface area contributed by atoms with Crippen LogP contribution < -0.4 is 15.5 Å². The highest BCUT2D eigenvalue weighted by Gasteiger charge is 2.25. The molecule has 0 radical (unpaired) electrons. The van der Waals surface area contributed by atoms with E-state index in [9.17, 15) is 14.9 Å². The quantitative estimate of drug-likeness (QED) is 0.506. The van der Waals surface area contributed by atoms with Gasteiger partial charge in [-0.3, -0.25) is 14.9 Å². The zero-order valence-electron chi connectivity index (χ0n) is 17.3. The lowest BCUT2D eigenvalue weighted by Crippen LogP contribution is -2.35. The summed E-state index contributed by atoms with van der Waals surface area (Å²) in [6.07, 6.45) is 2.61. The van der Waals surface area contributed by atoms with Crippen molar-refractivity contribution < 1.29 is 9.72 Å². The van der Waals surface area contributed by atoms with Crippen molar-refractivity contribution in [2.45, 2.75) is 46.1 Å². The number of nitro benzene ring substituents is 1. The maximum absolute atomic E-state index is 11.3. The number of aryl methyl sites for hydroxylation is 2. The van der Waals surface area contributed by atoms with Crippen LogP contribution in [0.25, 0.3) is 0 Å². The number of hydrogen-bond donors (Lipinski definition) is 2. The van der Waals surface area contributed by atoms with Crippen molar-refractivity contribution in [1.82, 2.24) is 15.3 Å². The number of nitrogens with zero attached hydrogens (tertiary/aromatic N) is 4. The first-order valence-electron chi connectivity index (χ1n) is 9.77. The van der Waals surface area contributed by atoms with E-state index in [1.807, 2.05) is 6.07 Å². The third-order valence-electron chi connectivity index (χ3n) is 4.85. The number of nitro groups is 1. The van der Waals surface area contributed by atoms with Gasteiger partial charge in [0.05, 0.1) is 4.92 Å². The Morgan fingerprint density at radius 2 is 2.10 bits per heavy atom. The second kappa shape index (κ2) is 10.2. The molecular weight excluding hydrogens is 408 g/mol. The molecule has 1 aromatic heterocycles. The standard InChI is InChI=1S/C20H26N6O3.ClH/c1-4-5-15-11-19(25-9-8-17(12-25)21-14(3)27)24-20(22-15)23-16-7-6-13(2)18(10-16)26(28)29;/h6-7,10-11,17H,4-5,8-9,12H2,1-3H3,(H,21,27)(H,22,23,24);1H/t17-;/m0./s1. The molecule has 30 heavy (non-hydrogen) atoms. The van der Waals surface area contributed by atoms with E-state index in [0.29, 0.717) is 23.7 Å². The molecule has 1 aromatic carbocycles. The van der Waals surface area contributed by atoms with Crippen LogP contribution in [0.3, 0.4) is 0 Å². The Kier molecular flexibility index (Phi) is 7.93. The van der Waals surface area contributed by atoms with Gasteiger partial charge in [0.15, 0.2) is 0 Å². The lowest BCUT2D eigenvalue weighted by atomic mass is 10.2. The van der Waals surface area contributed by atoms with Crippen molar-refractivity contribution in [3.05, 3.63) is 45.6 Å². The molecule has 1 amide bonds. The van der Waals surface area contributed by atoms with Gasteiger partial charge in [0.2, 0.25) is 11.9 Å². The number of rotatable bonds is 7. The number of hydrogen-bond acceptors (Lipinski definition) is 7. The number of halogens is 1. The number of benzene rings is 1. The minimum absolute atomic E-state index is 0. The Morgan fingerprint density at radius 3 is 2.77 bits per heavy atom. The normalized spacial score (nSPS) is 15.4. The number of carbonyl (C=O) groups excluding carboxylic acids is 1. The van der Waals surface area contributed by atoms with Gasteiger partial charge < -0.3 is 15.5 Å². The fourth-order valence-electron chi connectivity index (χ4n) is 3.47. The van der Waals surface area contributed by atoms with Gasteiger partial charge in [-0.1, -0.05) is 19.4 Å². The molecule has 1 atom stereocenters. The van der Waals surface area contributed by atoms with Crippen molar-refractivity contribution >= 4 is 41.5 Å². The van der Waals surface area contributed by atoms with Gasteiger partial charge in [0.1, 0.15) is 5.82 Å². The summed E-state index contributed by atoms with van der Waals surface area (Å²) in [4.78, 5) is 33.5. The average Bonchev–Trinajstić information content (AvgIpc) is 3.11. The highest BCUT2D eigenvalue weighted by molar-refractivity contribution is 5.85. The summed E-state index contributed by atoms with van der Waals surface area (Å²) in [5.41, 5.74) is 2.13. The Hall–Kier alpha value is -2.94. The number of nitrogens with one attached hydrogen (secondary N) is 2. The summed E-state index contributed by atoms with van der Waals surface area (Å²) >= 11 is 0. The Morgan fingerprint density at radius 1 is 1.33 bits per heavy atom. The fourth-order valence-corrected chi connectivity index (χ4v) is 3.47. The maximum atomic E-state index is 11.3. The number of amides is 1. The average molecular weight is 435 g/mol. The maximum Gasteiger partial charge on any atom is 0.274 e. The van der Waals surface area contributed by atoms with E-state index in [1.165, 1.54) is 13.0 Å². The summed E-state index contributed by atoms with van der Waals surface area (Å²) in [6.45, 7) is 6.80. The summed E-state index contributed by atoms with van der Waals surface area (Å²) < 4.78 is 0. The molecule has 1 fully saturated rings. The third kappa shape index (κ3) is 5.79. The Balaban J connectivity index is 0.00000320. The van der Waals surface area contributed by atoms with Gasteiger partial charge in [-0.2, -0.15) is 4.98 Å². The first kappa shape index (κ1) is 23.3. The van der Waals surface area contributed by atoms with Crippen molar-refractivity contribution in [2.75, 3.05) is 23.3 Å². The van der Waals surface area contributed by atoms with Crippen LogP contribution in [0.15, 0.2) is 24.3 Å². The van der Waals surface area contributed by atoms with Gasteiger partial charge >= 0.3 is 0 Å². The van der Waals surface area contributed by atoms with Crippen LogP contribution in [-0.2, 0) is 11.2 Å². The minimum atomic E-state index is -0.396. The first-order valence-corrected chi connectivity index (χ1v) is 9.77. The summed E-state index contributed by atoms with van der Waals surface area (Å²) in [5.74, 6) is 1.17. The third-order valence-corrected chi connectivity index (χ3v) is 4.85. The van der Waals surface area contributed by atoms with Crippen molar-refractivity contribution in [3.63, 3.8) is 0 Å². The van der Waals surface area contributed by atoms with Gasteiger partial charge in [-0.15, -0.1) is 12.4 Å². The van der Waals surface area contributed by atoms with Crippen molar-refractivity contribution in [3.8, 4) is 0 Å². The number of aromatic nitrogens is 2. The molecule has 10 heteroatoms. The Bertz CT molecular complexity index is 923. The van der Waals surface area contributed by atoms with E-state index in [-0.39, 0.29) is 30.0 Å². The predicted octanol–water partition coefficient (Wildman–Crippen LogP) is 3.53. The predicted molar refractivity (Wildman–Crippen MR) is 119 cm³/mol. The zero-order chi connectivity index (χ0) is 21.0. The molecule has 0 bridgehead atoms. The SMILES string of the molecule is CCCc1cc(N2CC[C@H](NC(C)=O)C2)nc(Nc2ccc(C)c([N+](=O)[O-])c2)n1.Cl. The monoisotopic (exact) mass is 434 g/mol. The number of anilines is 3. The highest BCUT2D eigenvalue weighted by Crippen LogP contribution is 2.26. The molecule has 0 aliphatic carbocycles. The van der Waals surface area contributed by atoms with Crippen molar-refractivity contribution in [2.24, 2.45) is 0 Å². The lowest BCUT2D eigenvalue weighted by molar-refractivity contribution is -0.385. The van der Waals surface area contributed by atoms with E-state index in [1.54, 1.807) is 19.1 Å². The molecule has 0 spiro atoms. The van der Waals surface area contributed by atoms with Crippen LogP contribution in [0.1, 0.15) is 37.9 Å². The second-order valence-corrected chi connectivity index (χ2v) is 7.31.